The SMILES string of the molecule is Cc1c(C(=O)OCc2ccccc2)nnn1Cc1ccc(Br)cc1F. The van der Waals surface area contributed by atoms with Crippen molar-refractivity contribution in [3.63, 3.8) is 0 Å². The number of nitrogens with zero attached hydrogens (tertiary/aromatic N) is 3. The number of carbonyl (C=O) groups is 1. The van der Waals surface area contributed by atoms with Gasteiger partial charge in [-0.2, -0.15) is 0 Å². The quantitative estimate of drug-likeness (QED) is 0.606. The standard InChI is InChI=1S/C18H15BrFN3O2/c1-12-17(18(24)25-11-13-5-3-2-4-6-13)21-22-23(12)10-14-7-8-15(19)9-16(14)20/h2-9H,10-11H2,1H3. The fraction of sp³-hybridized carbons (Fsp3) is 0.167. The third kappa shape index (κ3) is 4.11. The molecule has 0 saturated carbocycles. The van der Waals surface area contributed by atoms with Crippen LogP contribution in [0.2, 0.25) is 0 Å². The average molecular weight is 404 g/mol. The Kier molecular flexibility index (Phi) is 5.23. The highest BCUT2D eigenvalue weighted by Crippen LogP contribution is 2.17. The molecule has 0 bridgehead atoms. The molecule has 3 aromatic rings. The van der Waals surface area contributed by atoms with Crippen molar-refractivity contribution < 1.29 is 13.9 Å². The summed E-state index contributed by atoms with van der Waals surface area (Å²) in [5, 5.41) is 7.82. The predicted molar refractivity (Wildman–Crippen MR) is 93.5 cm³/mol. The first-order chi connectivity index (χ1) is 12.0. The summed E-state index contributed by atoms with van der Waals surface area (Å²) >= 11 is 3.22. The predicted octanol–water partition coefficient (Wildman–Crippen LogP) is 3.89. The molecule has 1 aromatic heterocycles. The Morgan fingerprint density at radius 3 is 2.72 bits per heavy atom. The van der Waals surface area contributed by atoms with Gasteiger partial charge in [-0.3, -0.25) is 0 Å². The number of halogens is 2. The highest BCUT2D eigenvalue weighted by molar-refractivity contribution is 9.10. The van der Waals surface area contributed by atoms with Gasteiger partial charge in [-0.1, -0.05) is 57.5 Å². The van der Waals surface area contributed by atoms with Crippen LogP contribution in [-0.2, 0) is 17.9 Å². The maximum Gasteiger partial charge on any atom is 0.361 e. The molecule has 7 heteroatoms. The summed E-state index contributed by atoms with van der Waals surface area (Å²) in [6.07, 6.45) is 0. The molecular weight excluding hydrogens is 389 g/mol. The number of aromatic nitrogens is 3. The van der Waals surface area contributed by atoms with Crippen LogP contribution in [0.25, 0.3) is 0 Å². The van der Waals surface area contributed by atoms with Gasteiger partial charge in [-0.25, -0.2) is 13.9 Å². The van der Waals surface area contributed by atoms with Gasteiger partial charge in [0.15, 0.2) is 5.69 Å². The monoisotopic (exact) mass is 403 g/mol. The molecule has 0 atom stereocenters. The summed E-state index contributed by atoms with van der Waals surface area (Å²) in [4.78, 5) is 12.2. The molecular formula is C18H15BrFN3O2. The number of ether oxygens (including phenoxy) is 1. The first-order valence-corrected chi connectivity index (χ1v) is 8.39. The molecule has 25 heavy (non-hydrogen) atoms. The minimum atomic E-state index is -0.552. The van der Waals surface area contributed by atoms with Crippen LogP contribution in [0.4, 0.5) is 4.39 Å². The molecule has 0 spiro atoms. The molecule has 2 aromatic carbocycles. The molecule has 3 rings (SSSR count). The van der Waals surface area contributed by atoms with Gasteiger partial charge >= 0.3 is 5.97 Å². The van der Waals surface area contributed by atoms with E-state index in [1.54, 1.807) is 19.1 Å². The normalized spacial score (nSPS) is 10.7. The zero-order valence-corrected chi connectivity index (χ0v) is 15.0. The number of benzene rings is 2. The van der Waals surface area contributed by atoms with Crippen LogP contribution >= 0.6 is 15.9 Å². The first-order valence-electron chi connectivity index (χ1n) is 7.59. The Bertz CT molecular complexity index is 897. The van der Waals surface area contributed by atoms with Crippen molar-refractivity contribution >= 4 is 21.9 Å². The Labute approximate surface area is 152 Å². The van der Waals surface area contributed by atoms with Crippen molar-refractivity contribution in [3.8, 4) is 0 Å². The lowest BCUT2D eigenvalue weighted by atomic mass is 10.2. The average Bonchev–Trinajstić information content (AvgIpc) is 2.97. The van der Waals surface area contributed by atoms with Crippen LogP contribution in [0, 0.1) is 12.7 Å². The number of hydrogen-bond acceptors (Lipinski definition) is 4. The maximum absolute atomic E-state index is 14.0. The summed E-state index contributed by atoms with van der Waals surface area (Å²) in [7, 11) is 0. The zero-order chi connectivity index (χ0) is 17.8. The molecule has 0 N–H and O–H groups in total. The molecule has 0 radical (unpaired) electrons. The van der Waals surface area contributed by atoms with Gasteiger partial charge in [0, 0.05) is 10.0 Å². The summed E-state index contributed by atoms with van der Waals surface area (Å²) in [6, 6.07) is 14.2. The van der Waals surface area contributed by atoms with Crippen molar-refractivity contribution in [2.24, 2.45) is 0 Å². The largest absolute Gasteiger partial charge is 0.456 e. The Balaban J connectivity index is 1.71. The molecule has 0 aliphatic rings. The molecule has 5 nitrogen and oxygen atoms in total. The van der Waals surface area contributed by atoms with E-state index < -0.39 is 5.97 Å². The fourth-order valence-corrected chi connectivity index (χ4v) is 2.64. The summed E-state index contributed by atoms with van der Waals surface area (Å²) < 4.78 is 21.4. The third-order valence-corrected chi connectivity index (χ3v) is 4.22. The Morgan fingerprint density at radius 1 is 1.24 bits per heavy atom. The van der Waals surface area contributed by atoms with Gasteiger partial charge in [0.1, 0.15) is 12.4 Å². The van der Waals surface area contributed by atoms with Crippen LogP contribution in [-0.4, -0.2) is 21.0 Å². The summed E-state index contributed by atoms with van der Waals surface area (Å²) in [5.74, 6) is -0.902. The fourth-order valence-electron chi connectivity index (χ4n) is 2.30. The number of hydrogen-bond donors (Lipinski definition) is 0. The second-order valence-electron chi connectivity index (χ2n) is 5.48. The van der Waals surface area contributed by atoms with Gasteiger partial charge in [0.05, 0.1) is 12.2 Å². The van der Waals surface area contributed by atoms with Crippen molar-refractivity contribution in [2.75, 3.05) is 0 Å². The van der Waals surface area contributed by atoms with Crippen LogP contribution < -0.4 is 0 Å². The van der Waals surface area contributed by atoms with Crippen LogP contribution in [0.3, 0.4) is 0 Å². The highest BCUT2D eigenvalue weighted by Gasteiger charge is 2.18. The van der Waals surface area contributed by atoms with E-state index in [0.29, 0.717) is 15.7 Å². The Hall–Kier alpha value is -2.54. The maximum atomic E-state index is 14.0. The van der Waals surface area contributed by atoms with E-state index in [4.69, 9.17) is 4.74 Å². The Morgan fingerprint density at radius 2 is 2.00 bits per heavy atom. The summed E-state index contributed by atoms with van der Waals surface area (Å²) in [6.45, 7) is 2.05. The van der Waals surface area contributed by atoms with Crippen LogP contribution in [0.15, 0.2) is 53.0 Å². The van der Waals surface area contributed by atoms with E-state index in [-0.39, 0.29) is 24.7 Å². The zero-order valence-electron chi connectivity index (χ0n) is 13.4. The van der Waals surface area contributed by atoms with Crippen LogP contribution in [0.1, 0.15) is 27.3 Å². The lowest BCUT2D eigenvalue weighted by Crippen LogP contribution is -2.09. The minimum absolute atomic E-state index is 0.133. The van der Waals surface area contributed by atoms with Gasteiger partial charge in [-0.05, 0) is 24.6 Å². The van der Waals surface area contributed by atoms with Gasteiger partial charge in [0.25, 0.3) is 0 Å². The van der Waals surface area contributed by atoms with E-state index in [1.807, 2.05) is 30.3 Å². The number of rotatable bonds is 5. The number of carbonyl (C=O) groups excluding carboxylic acids is 1. The van der Waals surface area contributed by atoms with Gasteiger partial charge < -0.3 is 4.74 Å². The van der Waals surface area contributed by atoms with E-state index in [2.05, 4.69) is 26.2 Å². The lowest BCUT2D eigenvalue weighted by molar-refractivity contribution is 0.0464. The van der Waals surface area contributed by atoms with Crippen molar-refractivity contribution in [2.45, 2.75) is 20.1 Å². The van der Waals surface area contributed by atoms with Crippen molar-refractivity contribution in [1.82, 2.24) is 15.0 Å². The molecule has 128 valence electrons. The topological polar surface area (TPSA) is 57.0 Å². The van der Waals surface area contributed by atoms with E-state index in [1.165, 1.54) is 10.7 Å². The molecule has 0 saturated heterocycles. The van der Waals surface area contributed by atoms with Gasteiger partial charge in [0.2, 0.25) is 0 Å². The molecule has 0 unspecified atom stereocenters. The lowest BCUT2D eigenvalue weighted by Gasteiger charge is -2.06. The van der Waals surface area contributed by atoms with Crippen molar-refractivity contribution in [1.29, 1.82) is 0 Å². The highest BCUT2D eigenvalue weighted by atomic mass is 79.9. The molecule has 0 fully saturated rings. The molecule has 0 aliphatic carbocycles. The van der Waals surface area contributed by atoms with Crippen molar-refractivity contribution in [3.05, 3.63) is 81.3 Å². The number of esters is 1. The molecule has 1 heterocycles. The molecule has 0 aliphatic heterocycles. The second-order valence-corrected chi connectivity index (χ2v) is 6.39. The second kappa shape index (κ2) is 7.57. The summed E-state index contributed by atoms with van der Waals surface area (Å²) in [5.41, 5.74) is 2.01. The van der Waals surface area contributed by atoms with E-state index in [0.717, 1.165) is 5.56 Å². The van der Waals surface area contributed by atoms with E-state index in [9.17, 15) is 9.18 Å². The third-order valence-electron chi connectivity index (χ3n) is 3.72. The molecule has 0 amide bonds. The smallest absolute Gasteiger partial charge is 0.361 e. The van der Waals surface area contributed by atoms with E-state index >= 15 is 0 Å². The minimum Gasteiger partial charge on any atom is -0.456 e. The van der Waals surface area contributed by atoms with Gasteiger partial charge in [-0.15, -0.1) is 5.10 Å². The first kappa shape index (κ1) is 17.3. The van der Waals surface area contributed by atoms with Crippen LogP contribution in [0.5, 0.6) is 0 Å².